The van der Waals surface area contributed by atoms with E-state index in [1.165, 1.54) is 0 Å². The molecule has 1 heterocycles. The third-order valence-corrected chi connectivity index (χ3v) is 5.36. The first-order valence-electron chi connectivity index (χ1n) is 10.2. The summed E-state index contributed by atoms with van der Waals surface area (Å²) in [5.74, 6) is 0.538. The van der Waals surface area contributed by atoms with E-state index in [1.54, 1.807) is 12.1 Å². The molecule has 1 fully saturated rings. The van der Waals surface area contributed by atoms with Gasteiger partial charge < -0.3 is 19.9 Å². The fraction of sp³-hybridized carbons (Fsp3) is 0.391. The van der Waals surface area contributed by atoms with Gasteiger partial charge in [-0.3, -0.25) is 9.59 Å². The standard InChI is InChI=1S/C23H28ClN3O3/c1-16(2)23(29)27-13-11-26(12-14-27)22-19(24)5-4-6-20(22)25-21(28)15-30-18-9-7-17(3)8-10-18/h4-10,16H,11-15H2,1-3H3,(H,25,28). The quantitative estimate of drug-likeness (QED) is 0.754. The maximum Gasteiger partial charge on any atom is 0.262 e. The van der Waals surface area contributed by atoms with Gasteiger partial charge in [-0.2, -0.15) is 0 Å². The summed E-state index contributed by atoms with van der Waals surface area (Å²) in [5.41, 5.74) is 2.55. The van der Waals surface area contributed by atoms with Crippen LogP contribution in [-0.4, -0.2) is 49.5 Å². The van der Waals surface area contributed by atoms with Gasteiger partial charge in [0.25, 0.3) is 5.91 Å². The lowest BCUT2D eigenvalue weighted by Crippen LogP contribution is -2.50. The first kappa shape index (κ1) is 22.0. The highest BCUT2D eigenvalue weighted by atomic mass is 35.5. The van der Waals surface area contributed by atoms with Crippen molar-refractivity contribution in [3.8, 4) is 5.75 Å². The fourth-order valence-electron chi connectivity index (χ4n) is 3.42. The average Bonchev–Trinajstić information content (AvgIpc) is 2.73. The van der Waals surface area contributed by atoms with E-state index >= 15 is 0 Å². The predicted molar refractivity (Wildman–Crippen MR) is 120 cm³/mol. The lowest BCUT2D eigenvalue weighted by atomic mass is 10.1. The molecule has 0 bridgehead atoms. The Morgan fingerprint density at radius 2 is 1.73 bits per heavy atom. The maximum atomic E-state index is 12.5. The molecule has 0 atom stereocenters. The van der Waals surface area contributed by atoms with Crippen LogP contribution in [0.2, 0.25) is 5.02 Å². The van der Waals surface area contributed by atoms with E-state index in [0.29, 0.717) is 42.6 Å². The molecular formula is C23H28ClN3O3. The molecule has 0 unspecified atom stereocenters. The zero-order valence-corrected chi connectivity index (χ0v) is 18.4. The van der Waals surface area contributed by atoms with Crippen LogP contribution in [0.4, 0.5) is 11.4 Å². The van der Waals surface area contributed by atoms with Crippen molar-refractivity contribution in [1.29, 1.82) is 0 Å². The number of hydrogen-bond acceptors (Lipinski definition) is 4. The van der Waals surface area contributed by atoms with E-state index in [2.05, 4.69) is 10.2 Å². The van der Waals surface area contributed by atoms with Crippen molar-refractivity contribution < 1.29 is 14.3 Å². The van der Waals surface area contributed by atoms with Crippen LogP contribution in [0.25, 0.3) is 0 Å². The number of piperazine rings is 1. The van der Waals surface area contributed by atoms with Gasteiger partial charge in [0, 0.05) is 32.1 Å². The largest absolute Gasteiger partial charge is 0.484 e. The number of anilines is 2. The highest BCUT2D eigenvalue weighted by Crippen LogP contribution is 2.34. The topological polar surface area (TPSA) is 61.9 Å². The number of para-hydroxylation sites is 1. The Balaban J connectivity index is 1.64. The van der Waals surface area contributed by atoms with Crippen molar-refractivity contribution in [3.63, 3.8) is 0 Å². The Hall–Kier alpha value is -2.73. The summed E-state index contributed by atoms with van der Waals surface area (Å²) in [6, 6.07) is 13.0. The predicted octanol–water partition coefficient (Wildman–Crippen LogP) is 3.97. The molecule has 0 saturated carbocycles. The Kier molecular flexibility index (Phi) is 7.21. The number of benzene rings is 2. The molecule has 6 nitrogen and oxygen atoms in total. The van der Waals surface area contributed by atoms with Gasteiger partial charge >= 0.3 is 0 Å². The minimum Gasteiger partial charge on any atom is -0.484 e. The van der Waals surface area contributed by atoms with Crippen molar-refractivity contribution in [2.24, 2.45) is 5.92 Å². The summed E-state index contributed by atoms with van der Waals surface area (Å²) >= 11 is 6.48. The van der Waals surface area contributed by atoms with Crippen molar-refractivity contribution in [1.82, 2.24) is 4.90 Å². The third kappa shape index (κ3) is 5.45. The Labute approximate surface area is 182 Å². The first-order valence-corrected chi connectivity index (χ1v) is 10.5. The van der Waals surface area contributed by atoms with E-state index in [-0.39, 0.29) is 24.3 Å². The van der Waals surface area contributed by atoms with Crippen molar-refractivity contribution in [2.45, 2.75) is 20.8 Å². The van der Waals surface area contributed by atoms with Crippen LogP contribution < -0.4 is 15.0 Å². The molecule has 2 aromatic carbocycles. The maximum absolute atomic E-state index is 12.5. The van der Waals surface area contributed by atoms with E-state index in [9.17, 15) is 9.59 Å². The summed E-state index contributed by atoms with van der Waals surface area (Å²) < 4.78 is 5.57. The first-order chi connectivity index (χ1) is 14.3. The molecule has 30 heavy (non-hydrogen) atoms. The lowest BCUT2D eigenvalue weighted by molar-refractivity contribution is -0.134. The van der Waals surface area contributed by atoms with Crippen LogP contribution >= 0.6 is 11.6 Å². The second kappa shape index (κ2) is 9.85. The van der Waals surface area contributed by atoms with Crippen LogP contribution in [0.15, 0.2) is 42.5 Å². The molecule has 0 aromatic heterocycles. The van der Waals surface area contributed by atoms with Crippen LogP contribution in [0.5, 0.6) is 5.75 Å². The van der Waals surface area contributed by atoms with Gasteiger partial charge in [0.2, 0.25) is 5.91 Å². The van der Waals surface area contributed by atoms with Crippen LogP contribution in [-0.2, 0) is 9.59 Å². The number of carbonyl (C=O) groups is 2. The highest BCUT2D eigenvalue weighted by Gasteiger charge is 2.25. The summed E-state index contributed by atoms with van der Waals surface area (Å²) in [5, 5.41) is 3.48. The minimum atomic E-state index is -0.257. The summed E-state index contributed by atoms with van der Waals surface area (Å²) in [6.45, 7) is 8.31. The molecule has 1 aliphatic heterocycles. The molecule has 2 aromatic rings. The monoisotopic (exact) mass is 429 g/mol. The van der Waals surface area contributed by atoms with Crippen LogP contribution in [0.1, 0.15) is 19.4 Å². The van der Waals surface area contributed by atoms with Gasteiger partial charge in [0.1, 0.15) is 5.75 Å². The molecule has 0 spiro atoms. The van der Waals surface area contributed by atoms with Crippen LogP contribution in [0.3, 0.4) is 0 Å². The van der Waals surface area contributed by atoms with Gasteiger partial charge in [0.05, 0.1) is 16.4 Å². The van der Waals surface area contributed by atoms with E-state index in [1.807, 2.05) is 56.0 Å². The summed E-state index contributed by atoms with van der Waals surface area (Å²) in [7, 11) is 0. The molecule has 160 valence electrons. The lowest BCUT2D eigenvalue weighted by Gasteiger charge is -2.38. The zero-order valence-electron chi connectivity index (χ0n) is 17.7. The molecule has 7 heteroatoms. The number of ether oxygens (including phenoxy) is 1. The summed E-state index contributed by atoms with van der Waals surface area (Å²) in [6.07, 6.45) is 0. The zero-order chi connectivity index (χ0) is 21.7. The Morgan fingerprint density at radius 3 is 2.37 bits per heavy atom. The highest BCUT2D eigenvalue weighted by molar-refractivity contribution is 6.34. The van der Waals surface area contributed by atoms with Gasteiger partial charge in [-0.25, -0.2) is 0 Å². The van der Waals surface area contributed by atoms with Gasteiger partial charge in [-0.1, -0.05) is 49.2 Å². The molecule has 0 aliphatic carbocycles. The molecule has 3 rings (SSSR count). The second-order valence-corrected chi connectivity index (χ2v) is 8.16. The van der Waals surface area contributed by atoms with E-state index in [0.717, 1.165) is 11.3 Å². The molecule has 1 N–H and O–H groups in total. The molecule has 1 aliphatic rings. The van der Waals surface area contributed by atoms with Gasteiger partial charge in [-0.15, -0.1) is 0 Å². The molecule has 0 radical (unpaired) electrons. The number of halogens is 1. The van der Waals surface area contributed by atoms with Crippen molar-refractivity contribution >= 4 is 34.8 Å². The van der Waals surface area contributed by atoms with Gasteiger partial charge in [0.15, 0.2) is 6.61 Å². The Bertz CT molecular complexity index is 891. The Morgan fingerprint density at radius 1 is 1.07 bits per heavy atom. The number of aryl methyl sites for hydroxylation is 1. The number of nitrogens with one attached hydrogen (secondary N) is 1. The number of nitrogens with zero attached hydrogens (tertiary/aromatic N) is 2. The second-order valence-electron chi connectivity index (χ2n) is 7.75. The average molecular weight is 430 g/mol. The molecule has 2 amide bonds. The smallest absolute Gasteiger partial charge is 0.262 e. The summed E-state index contributed by atoms with van der Waals surface area (Å²) in [4.78, 5) is 28.7. The van der Waals surface area contributed by atoms with Gasteiger partial charge in [-0.05, 0) is 31.2 Å². The fourth-order valence-corrected chi connectivity index (χ4v) is 3.72. The SMILES string of the molecule is Cc1ccc(OCC(=O)Nc2cccc(Cl)c2N2CCN(C(=O)C(C)C)CC2)cc1. The van der Waals surface area contributed by atoms with E-state index < -0.39 is 0 Å². The van der Waals surface area contributed by atoms with Crippen LogP contribution in [0, 0.1) is 12.8 Å². The van der Waals surface area contributed by atoms with Crippen molar-refractivity contribution in [3.05, 3.63) is 53.1 Å². The minimum absolute atomic E-state index is 0.0137. The number of rotatable bonds is 6. The number of carbonyl (C=O) groups excluding carboxylic acids is 2. The van der Waals surface area contributed by atoms with E-state index in [4.69, 9.17) is 16.3 Å². The normalized spacial score (nSPS) is 14.0. The third-order valence-electron chi connectivity index (χ3n) is 5.05. The van der Waals surface area contributed by atoms with Crippen molar-refractivity contribution in [2.75, 3.05) is 43.0 Å². The number of amides is 2. The molecule has 1 saturated heterocycles. The number of hydrogen-bond donors (Lipinski definition) is 1. The molecular weight excluding hydrogens is 402 g/mol.